The summed E-state index contributed by atoms with van der Waals surface area (Å²) in [5, 5.41) is 0. The van der Waals surface area contributed by atoms with Gasteiger partial charge in [0, 0.05) is 0 Å². The van der Waals surface area contributed by atoms with Crippen LogP contribution in [0.3, 0.4) is 0 Å². The first kappa shape index (κ1) is 29.8. The summed E-state index contributed by atoms with van der Waals surface area (Å²) in [5.74, 6) is 0. The van der Waals surface area contributed by atoms with Crippen LogP contribution in [0.5, 0.6) is 0 Å². The van der Waals surface area contributed by atoms with Gasteiger partial charge in [0.1, 0.15) is 0 Å². The SMILES string of the molecule is CCCCCCCCCCCCCCCCCCOS(=O)(=O)c1ccccc1.[H-].[K+]. The Labute approximate surface area is 224 Å². The zero-order valence-corrected chi connectivity index (χ0v) is 23.0. The molecule has 0 saturated carbocycles. The Hall–Kier alpha value is 0.766. The predicted octanol–water partition coefficient (Wildman–Crippen LogP) is 4.77. The van der Waals surface area contributed by atoms with E-state index in [1.807, 2.05) is 0 Å². The van der Waals surface area contributed by atoms with Gasteiger partial charge in [-0.05, 0) is 18.6 Å². The molecule has 0 spiro atoms. The Morgan fingerprint density at radius 2 is 1.03 bits per heavy atom. The molecule has 164 valence electrons. The molecule has 0 unspecified atom stereocenters. The summed E-state index contributed by atoms with van der Waals surface area (Å²) in [6, 6.07) is 8.37. The molecule has 0 amide bonds. The fourth-order valence-corrected chi connectivity index (χ4v) is 4.44. The molecule has 0 heterocycles. The van der Waals surface area contributed by atoms with Crippen molar-refractivity contribution in [3.8, 4) is 0 Å². The summed E-state index contributed by atoms with van der Waals surface area (Å²) in [4.78, 5) is 0.242. The summed E-state index contributed by atoms with van der Waals surface area (Å²) in [6.07, 6.45) is 20.9. The molecular formula is C24H43KO3S. The van der Waals surface area contributed by atoms with Crippen LogP contribution in [0.4, 0.5) is 0 Å². The van der Waals surface area contributed by atoms with Crippen LogP contribution in [0.15, 0.2) is 35.2 Å². The molecule has 0 aliphatic heterocycles. The minimum Gasteiger partial charge on any atom is -1.00 e. The third-order valence-corrected chi connectivity index (χ3v) is 6.59. The Morgan fingerprint density at radius 1 is 0.655 bits per heavy atom. The molecule has 0 aromatic heterocycles. The van der Waals surface area contributed by atoms with Gasteiger partial charge in [0.15, 0.2) is 0 Å². The van der Waals surface area contributed by atoms with E-state index in [0.717, 1.165) is 12.8 Å². The van der Waals surface area contributed by atoms with Gasteiger partial charge in [0.2, 0.25) is 0 Å². The zero-order valence-electron chi connectivity index (χ0n) is 20.0. The van der Waals surface area contributed by atoms with E-state index in [1.165, 1.54) is 89.9 Å². The second-order valence-corrected chi connectivity index (χ2v) is 9.51. The Bertz CT molecular complexity index is 567. The second kappa shape index (κ2) is 20.7. The normalized spacial score (nSPS) is 11.3. The summed E-state index contributed by atoms with van der Waals surface area (Å²) in [7, 11) is -3.58. The number of hydrogen-bond acceptors (Lipinski definition) is 3. The van der Waals surface area contributed by atoms with Gasteiger partial charge in [-0.15, -0.1) is 0 Å². The van der Waals surface area contributed by atoms with E-state index in [2.05, 4.69) is 6.92 Å². The summed E-state index contributed by atoms with van der Waals surface area (Å²) >= 11 is 0. The number of benzene rings is 1. The smallest absolute Gasteiger partial charge is 1.00 e. The number of hydrogen-bond donors (Lipinski definition) is 0. The van der Waals surface area contributed by atoms with Crippen LogP contribution in [0, 0.1) is 0 Å². The molecule has 0 radical (unpaired) electrons. The van der Waals surface area contributed by atoms with E-state index < -0.39 is 10.1 Å². The van der Waals surface area contributed by atoms with Crippen LogP contribution < -0.4 is 51.4 Å². The molecule has 0 saturated heterocycles. The molecule has 0 aliphatic carbocycles. The van der Waals surface area contributed by atoms with Gasteiger partial charge in [-0.2, -0.15) is 8.42 Å². The molecule has 1 rings (SSSR count). The van der Waals surface area contributed by atoms with Crippen LogP contribution in [0.25, 0.3) is 0 Å². The van der Waals surface area contributed by atoms with Crippen LogP contribution in [0.2, 0.25) is 0 Å². The maximum absolute atomic E-state index is 12.0. The van der Waals surface area contributed by atoms with Crippen molar-refractivity contribution in [2.24, 2.45) is 0 Å². The van der Waals surface area contributed by atoms with E-state index in [9.17, 15) is 8.42 Å². The first-order chi connectivity index (χ1) is 13.7. The van der Waals surface area contributed by atoms with Crippen LogP contribution in [0.1, 0.15) is 111 Å². The maximum atomic E-state index is 12.0. The van der Waals surface area contributed by atoms with Gasteiger partial charge in [-0.3, -0.25) is 4.18 Å². The van der Waals surface area contributed by atoms with Crippen LogP contribution in [-0.2, 0) is 14.3 Å². The number of rotatable bonds is 19. The molecule has 29 heavy (non-hydrogen) atoms. The third-order valence-electron chi connectivity index (χ3n) is 5.27. The van der Waals surface area contributed by atoms with E-state index in [0.29, 0.717) is 0 Å². The molecule has 5 heteroatoms. The van der Waals surface area contributed by atoms with Crippen molar-refractivity contribution in [2.45, 2.75) is 115 Å². The van der Waals surface area contributed by atoms with Crippen molar-refractivity contribution in [3.05, 3.63) is 30.3 Å². The van der Waals surface area contributed by atoms with Crippen molar-refractivity contribution in [1.82, 2.24) is 0 Å². The van der Waals surface area contributed by atoms with Crippen LogP contribution in [-0.4, -0.2) is 15.0 Å². The van der Waals surface area contributed by atoms with Crippen molar-refractivity contribution >= 4 is 10.1 Å². The van der Waals surface area contributed by atoms with Gasteiger partial charge in [-0.25, -0.2) is 0 Å². The Balaban J connectivity index is 0. The van der Waals surface area contributed by atoms with Crippen molar-refractivity contribution in [1.29, 1.82) is 0 Å². The van der Waals surface area contributed by atoms with Crippen LogP contribution >= 0.6 is 0 Å². The fourth-order valence-electron chi connectivity index (χ4n) is 3.47. The largest absolute Gasteiger partial charge is 1.00 e. The van der Waals surface area contributed by atoms with E-state index in [1.54, 1.807) is 30.3 Å². The zero-order chi connectivity index (χ0) is 20.3. The molecule has 0 N–H and O–H groups in total. The van der Waals surface area contributed by atoms with Gasteiger partial charge < -0.3 is 1.43 Å². The Kier molecular flexibility index (Phi) is 21.2. The summed E-state index contributed by atoms with van der Waals surface area (Å²) in [5.41, 5.74) is 0. The maximum Gasteiger partial charge on any atom is 1.00 e. The molecule has 1 aromatic rings. The summed E-state index contributed by atoms with van der Waals surface area (Å²) < 4.78 is 29.0. The fraction of sp³-hybridized carbons (Fsp3) is 0.750. The number of unbranched alkanes of at least 4 members (excludes halogenated alkanes) is 15. The monoisotopic (exact) mass is 450 g/mol. The topological polar surface area (TPSA) is 43.4 Å². The molecular weight excluding hydrogens is 407 g/mol. The first-order valence-corrected chi connectivity index (χ1v) is 13.0. The van der Waals surface area contributed by atoms with Crippen molar-refractivity contribution in [2.75, 3.05) is 6.61 Å². The van der Waals surface area contributed by atoms with E-state index in [4.69, 9.17) is 4.18 Å². The summed E-state index contributed by atoms with van der Waals surface area (Å²) in [6.45, 7) is 2.56. The van der Waals surface area contributed by atoms with Gasteiger partial charge in [-0.1, -0.05) is 121 Å². The molecule has 0 fully saturated rings. The van der Waals surface area contributed by atoms with Gasteiger partial charge in [0.05, 0.1) is 11.5 Å². The van der Waals surface area contributed by atoms with E-state index >= 15 is 0 Å². The predicted molar refractivity (Wildman–Crippen MR) is 120 cm³/mol. The van der Waals surface area contributed by atoms with Crippen molar-refractivity contribution < 1.29 is 65.4 Å². The third kappa shape index (κ3) is 17.1. The molecule has 0 atom stereocenters. The second-order valence-electron chi connectivity index (χ2n) is 7.89. The van der Waals surface area contributed by atoms with Gasteiger partial charge >= 0.3 is 51.4 Å². The standard InChI is InChI=1S/C24H42O3S.K.H/c1-2-3-4-5-6-7-8-9-10-11-12-13-14-15-16-20-23-27-28(25,26)24-21-18-17-19-22-24;;/h17-19,21-22H,2-16,20,23H2,1H3;;/q;+1;-1. The Morgan fingerprint density at radius 3 is 1.45 bits per heavy atom. The molecule has 0 bridgehead atoms. The molecule has 3 nitrogen and oxygen atoms in total. The minimum absolute atomic E-state index is 0. The van der Waals surface area contributed by atoms with Gasteiger partial charge in [0.25, 0.3) is 10.1 Å². The van der Waals surface area contributed by atoms with E-state index in [-0.39, 0.29) is 64.3 Å². The minimum atomic E-state index is -3.58. The van der Waals surface area contributed by atoms with Crippen molar-refractivity contribution in [3.63, 3.8) is 0 Å². The first-order valence-electron chi connectivity index (χ1n) is 11.6. The average molecular weight is 451 g/mol. The molecule has 1 aromatic carbocycles. The quantitative estimate of drug-likeness (QED) is 0.173. The average Bonchev–Trinajstić information content (AvgIpc) is 2.71. The molecule has 0 aliphatic rings.